The molecule has 0 aromatic carbocycles. The molecule has 1 saturated heterocycles. The molecule has 0 saturated carbocycles. The Bertz CT molecular complexity index is 167. The molecule has 1 aliphatic rings. The molecule has 0 N–H and O–H groups in total. The molecule has 0 bridgehead atoms. The summed E-state index contributed by atoms with van der Waals surface area (Å²) in [4.78, 5) is 13.2. The van der Waals surface area contributed by atoms with Gasteiger partial charge in [-0.25, -0.2) is 0 Å². The highest BCUT2D eigenvalue weighted by Gasteiger charge is 2.22. The molecule has 0 aliphatic carbocycles. The second-order valence-corrected chi connectivity index (χ2v) is 4.16. The van der Waals surface area contributed by atoms with Crippen LogP contribution in [0.1, 0.15) is 33.6 Å². The summed E-state index contributed by atoms with van der Waals surface area (Å²) < 4.78 is 0. The number of ketones is 1. The number of carbonyl (C=O) groups excluding carboxylic acids is 1. The van der Waals surface area contributed by atoms with Gasteiger partial charge >= 0.3 is 0 Å². The molecule has 2 nitrogen and oxygen atoms in total. The zero-order chi connectivity index (χ0) is 9.14. The van der Waals surface area contributed by atoms with E-state index in [2.05, 4.69) is 18.7 Å². The summed E-state index contributed by atoms with van der Waals surface area (Å²) in [6, 6.07) is 0.602. The van der Waals surface area contributed by atoms with Crippen molar-refractivity contribution in [1.29, 1.82) is 0 Å². The predicted octanol–water partition coefficient (Wildman–Crippen LogP) is 1.70. The van der Waals surface area contributed by atoms with E-state index in [4.69, 9.17) is 0 Å². The van der Waals surface area contributed by atoms with Crippen LogP contribution in [0, 0.1) is 5.92 Å². The zero-order valence-corrected chi connectivity index (χ0v) is 8.34. The number of Topliss-reactive ketones (excluding diaryl/α,β-unsaturated/α-hetero) is 1. The van der Waals surface area contributed by atoms with E-state index in [-0.39, 0.29) is 5.78 Å². The van der Waals surface area contributed by atoms with Gasteiger partial charge in [0.1, 0.15) is 5.78 Å². The lowest BCUT2D eigenvalue weighted by molar-refractivity contribution is -0.119. The number of carbonyl (C=O) groups is 1. The molecule has 0 amide bonds. The van der Waals surface area contributed by atoms with Crippen molar-refractivity contribution in [3.05, 3.63) is 0 Å². The van der Waals surface area contributed by atoms with Gasteiger partial charge in [-0.15, -0.1) is 0 Å². The smallest absolute Gasteiger partial charge is 0.143 e. The molecule has 0 aromatic heterocycles. The second kappa shape index (κ2) is 4.04. The fourth-order valence-electron chi connectivity index (χ4n) is 1.89. The Morgan fingerprint density at radius 3 is 2.67 bits per heavy atom. The minimum atomic E-state index is 0.288. The number of likely N-dealkylation sites (tertiary alicyclic amines) is 1. The van der Waals surface area contributed by atoms with Gasteiger partial charge < -0.3 is 0 Å². The Hall–Kier alpha value is -0.370. The summed E-state index contributed by atoms with van der Waals surface area (Å²) in [7, 11) is 0. The van der Waals surface area contributed by atoms with Crippen molar-refractivity contribution in [2.75, 3.05) is 13.1 Å². The van der Waals surface area contributed by atoms with Crippen LogP contribution in [0.25, 0.3) is 0 Å². The van der Waals surface area contributed by atoms with E-state index >= 15 is 0 Å². The van der Waals surface area contributed by atoms with Crippen LogP contribution in [0.15, 0.2) is 0 Å². The van der Waals surface area contributed by atoms with Gasteiger partial charge in [-0.05, 0) is 32.6 Å². The van der Waals surface area contributed by atoms with E-state index in [1.165, 1.54) is 12.8 Å². The second-order valence-electron chi connectivity index (χ2n) is 4.16. The highest BCUT2D eigenvalue weighted by Crippen LogP contribution is 2.20. The van der Waals surface area contributed by atoms with Crippen LogP contribution in [-0.2, 0) is 4.79 Å². The summed E-state index contributed by atoms with van der Waals surface area (Å²) >= 11 is 0. The molecule has 1 heterocycles. The molecule has 2 unspecified atom stereocenters. The number of hydrogen-bond donors (Lipinski definition) is 0. The predicted molar refractivity (Wildman–Crippen MR) is 50.1 cm³/mol. The quantitative estimate of drug-likeness (QED) is 0.627. The van der Waals surface area contributed by atoms with Crippen LogP contribution in [0.3, 0.4) is 0 Å². The molecule has 0 spiro atoms. The normalized spacial score (nSPS) is 31.9. The topological polar surface area (TPSA) is 20.3 Å². The van der Waals surface area contributed by atoms with Crippen LogP contribution in [0.5, 0.6) is 0 Å². The molecule has 1 aliphatic heterocycles. The Morgan fingerprint density at radius 2 is 2.08 bits per heavy atom. The summed E-state index contributed by atoms with van der Waals surface area (Å²) in [5.74, 6) is 1.05. The molecule has 1 rings (SSSR count). The van der Waals surface area contributed by atoms with Gasteiger partial charge in [-0.3, -0.25) is 9.69 Å². The van der Waals surface area contributed by atoms with Gasteiger partial charge in [0, 0.05) is 12.6 Å². The Balaban J connectivity index is 2.43. The summed E-state index contributed by atoms with van der Waals surface area (Å²) in [5.41, 5.74) is 0. The third-order valence-electron chi connectivity index (χ3n) is 2.67. The first-order valence-corrected chi connectivity index (χ1v) is 4.83. The van der Waals surface area contributed by atoms with Crippen LogP contribution >= 0.6 is 0 Å². The van der Waals surface area contributed by atoms with Gasteiger partial charge in [0.15, 0.2) is 0 Å². The molecular formula is C10H19NO. The molecule has 1 fully saturated rings. The van der Waals surface area contributed by atoms with Gasteiger partial charge in [0.2, 0.25) is 0 Å². The van der Waals surface area contributed by atoms with Gasteiger partial charge in [0.05, 0.1) is 6.54 Å². The molecular weight excluding hydrogens is 150 g/mol. The van der Waals surface area contributed by atoms with Crippen LogP contribution in [-0.4, -0.2) is 29.8 Å². The summed E-state index contributed by atoms with van der Waals surface area (Å²) in [6.07, 6.45) is 2.56. The third-order valence-corrected chi connectivity index (χ3v) is 2.67. The highest BCUT2D eigenvalue weighted by molar-refractivity contribution is 5.77. The Labute approximate surface area is 74.9 Å². The van der Waals surface area contributed by atoms with Crippen molar-refractivity contribution in [1.82, 2.24) is 4.90 Å². The lowest BCUT2D eigenvalue weighted by atomic mass is 9.95. The Morgan fingerprint density at radius 1 is 1.42 bits per heavy atom. The van der Waals surface area contributed by atoms with E-state index < -0.39 is 0 Å². The fraction of sp³-hybridized carbons (Fsp3) is 0.900. The van der Waals surface area contributed by atoms with E-state index in [9.17, 15) is 4.79 Å². The van der Waals surface area contributed by atoms with Gasteiger partial charge in [-0.2, -0.15) is 0 Å². The van der Waals surface area contributed by atoms with Crippen molar-refractivity contribution in [3.8, 4) is 0 Å². The molecule has 2 atom stereocenters. The fourth-order valence-corrected chi connectivity index (χ4v) is 1.89. The number of rotatable bonds is 2. The average Bonchev–Trinajstić information content (AvgIpc) is 1.96. The monoisotopic (exact) mass is 169 g/mol. The van der Waals surface area contributed by atoms with Crippen molar-refractivity contribution in [2.24, 2.45) is 5.92 Å². The maximum atomic E-state index is 10.9. The summed E-state index contributed by atoms with van der Waals surface area (Å²) in [5, 5.41) is 0. The zero-order valence-electron chi connectivity index (χ0n) is 8.34. The van der Waals surface area contributed by atoms with Crippen molar-refractivity contribution >= 4 is 5.78 Å². The summed E-state index contributed by atoms with van der Waals surface area (Å²) in [6.45, 7) is 7.89. The number of nitrogens with zero attached hydrogens (tertiary/aromatic N) is 1. The van der Waals surface area contributed by atoms with Crippen LogP contribution in [0.2, 0.25) is 0 Å². The van der Waals surface area contributed by atoms with Gasteiger partial charge in [-0.1, -0.05) is 6.92 Å². The minimum Gasteiger partial charge on any atom is -0.299 e. The van der Waals surface area contributed by atoms with E-state index in [0.29, 0.717) is 12.6 Å². The first-order valence-electron chi connectivity index (χ1n) is 4.83. The molecule has 70 valence electrons. The van der Waals surface area contributed by atoms with Crippen LogP contribution < -0.4 is 0 Å². The van der Waals surface area contributed by atoms with Gasteiger partial charge in [0.25, 0.3) is 0 Å². The van der Waals surface area contributed by atoms with E-state index in [1.54, 1.807) is 6.92 Å². The maximum absolute atomic E-state index is 10.9. The van der Waals surface area contributed by atoms with Crippen LogP contribution in [0.4, 0.5) is 0 Å². The largest absolute Gasteiger partial charge is 0.299 e. The lowest BCUT2D eigenvalue weighted by Crippen LogP contribution is -2.43. The third kappa shape index (κ3) is 2.59. The first kappa shape index (κ1) is 9.72. The van der Waals surface area contributed by atoms with E-state index in [1.807, 2.05) is 0 Å². The molecule has 0 radical (unpaired) electrons. The number of piperidine rings is 1. The standard InChI is InChI=1S/C10H19NO/c1-8-4-5-9(2)11(6-8)7-10(3)12/h8-9H,4-7H2,1-3H3. The van der Waals surface area contributed by atoms with E-state index in [0.717, 1.165) is 12.5 Å². The molecule has 2 heteroatoms. The van der Waals surface area contributed by atoms with Crippen molar-refractivity contribution < 1.29 is 4.79 Å². The maximum Gasteiger partial charge on any atom is 0.143 e. The van der Waals surface area contributed by atoms with Crippen molar-refractivity contribution in [3.63, 3.8) is 0 Å². The first-order chi connectivity index (χ1) is 5.59. The molecule has 12 heavy (non-hydrogen) atoms. The Kier molecular flexibility index (Phi) is 3.27. The minimum absolute atomic E-state index is 0.288. The highest BCUT2D eigenvalue weighted by atomic mass is 16.1. The average molecular weight is 169 g/mol. The molecule has 0 aromatic rings. The lowest BCUT2D eigenvalue weighted by Gasteiger charge is -2.35. The SMILES string of the molecule is CC(=O)CN1CC(C)CCC1C. The van der Waals surface area contributed by atoms with Crippen molar-refractivity contribution in [2.45, 2.75) is 39.7 Å². The number of hydrogen-bond acceptors (Lipinski definition) is 2.